The van der Waals surface area contributed by atoms with Gasteiger partial charge in [-0.25, -0.2) is 0 Å². The van der Waals surface area contributed by atoms with Crippen molar-refractivity contribution in [3.05, 3.63) is 0 Å². The molecule has 4 unspecified atom stereocenters. The summed E-state index contributed by atoms with van der Waals surface area (Å²) in [5.74, 6) is 0. The molecule has 0 bridgehead atoms. The fourth-order valence-electron chi connectivity index (χ4n) is 3.65. The van der Waals surface area contributed by atoms with Crippen LogP contribution in [0, 0.1) is 0 Å². The molecule has 4 atom stereocenters. The molecule has 0 amide bonds. The van der Waals surface area contributed by atoms with Crippen LogP contribution in [0.25, 0.3) is 0 Å². The summed E-state index contributed by atoms with van der Waals surface area (Å²) in [6.45, 7) is 2.22. The normalized spacial score (nSPS) is 35.1. The number of hydrogen-bond donors (Lipinski definition) is 4. The van der Waals surface area contributed by atoms with E-state index in [1.54, 1.807) is 0 Å². The van der Waals surface area contributed by atoms with Gasteiger partial charge in [0.15, 0.2) is 0 Å². The molecular weight excluding hydrogens is 248 g/mol. The van der Waals surface area contributed by atoms with Crippen molar-refractivity contribution in [1.29, 1.82) is 0 Å². The van der Waals surface area contributed by atoms with Gasteiger partial charge in [0.05, 0.1) is 0 Å². The van der Waals surface area contributed by atoms with E-state index in [-0.39, 0.29) is 0 Å². The Balaban J connectivity index is 1.47. The molecule has 6 N–H and O–H groups in total. The Hall–Kier alpha value is -0.160. The van der Waals surface area contributed by atoms with Crippen molar-refractivity contribution in [2.75, 3.05) is 13.1 Å². The Bertz CT molecular complexity index is 233. The minimum Gasteiger partial charge on any atom is -0.326 e. The van der Waals surface area contributed by atoms with Gasteiger partial charge in [-0.15, -0.1) is 0 Å². The molecule has 4 nitrogen and oxygen atoms in total. The summed E-state index contributed by atoms with van der Waals surface area (Å²) >= 11 is 0. The van der Waals surface area contributed by atoms with Crippen molar-refractivity contribution in [3.63, 3.8) is 0 Å². The molecule has 0 saturated heterocycles. The first kappa shape index (κ1) is 16.2. The molecule has 0 spiro atoms. The quantitative estimate of drug-likeness (QED) is 0.534. The number of nitrogens with one attached hydrogen (secondary N) is 2. The average molecular weight is 282 g/mol. The fourth-order valence-corrected chi connectivity index (χ4v) is 3.65. The van der Waals surface area contributed by atoms with Gasteiger partial charge >= 0.3 is 0 Å². The van der Waals surface area contributed by atoms with Gasteiger partial charge in [-0.2, -0.15) is 0 Å². The van der Waals surface area contributed by atoms with E-state index in [4.69, 9.17) is 11.5 Å². The van der Waals surface area contributed by atoms with Gasteiger partial charge in [-0.05, 0) is 51.6 Å². The molecule has 20 heavy (non-hydrogen) atoms. The summed E-state index contributed by atoms with van der Waals surface area (Å²) in [6.07, 6.45) is 12.7. The van der Waals surface area contributed by atoms with Crippen LogP contribution in [0.3, 0.4) is 0 Å². The van der Waals surface area contributed by atoms with Crippen molar-refractivity contribution in [2.24, 2.45) is 11.5 Å². The summed E-state index contributed by atoms with van der Waals surface area (Å²) in [5.41, 5.74) is 12.3. The van der Waals surface area contributed by atoms with Crippen LogP contribution in [0.4, 0.5) is 0 Å². The van der Waals surface area contributed by atoms with Gasteiger partial charge in [0.25, 0.3) is 0 Å². The number of rotatable bonds is 7. The second-order valence-electron chi connectivity index (χ2n) is 6.72. The fraction of sp³-hybridized carbons (Fsp3) is 1.00. The zero-order valence-electron chi connectivity index (χ0n) is 12.9. The second kappa shape index (κ2) is 8.98. The maximum absolute atomic E-state index is 6.14. The highest BCUT2D eigenvalue weighted by Crippen LogP contribution is 2.17. The van der Waals surface area contributed by atoms with E-state index < -0.39 is 0 Å². The van der Waals surface area contributed by atoms with Gasteiger partial charge in [-0.1, -0.05) is 25.7 Å². The minimum absolute atomic E-state index is 0.377. The van der Waals surface area contributed by atoms with Gasteiger partial charge in [0.1, 0.15) is 0 Å². The Labute approximate surface area is 124 Å². The third kappa shape index (κ3) is 5.32. The summed E-state index contributed by atoms with van der Waals surface area (Å²) in [7, 11) is 0. The van der Waals surface area contributed by atoms with Crippen molar-refractivity contribution in [2.45, 2.75) is 88.4 Å². The highest BCUT2D eigenvalue weighted by atomic mass is 15.0. The van der Waals surface area contributed by atoms with Crippen molar-refractivity contribution < 1.29 is 0 Å². The van der Waals surface area contributed by atoms with Gasteiger partial charge in [0.2, 0.25) is 0 Å². The molecule has 0 aliphatic heterocycles. The van der Waals surface area contributed by atoms with Crippen molar-refractivity contribution >= 4 is 0 Å². The molecule has 2 saturated carbocycles. The third-order valence-electron chi connectivity index (χ3n) is 5.06. The highest BCUT2D eigenvalue weighted by molar-refractivity contribution is 4.84. The van der Waals surface area contributed by atoms with Gasteiger partial charge in [-0.3, -0.25) is 0 Å². The van der Waals surface area contributed by atoms with Crippen LogP contribution >= 0.6 is 0 Å². The third-order valence-corrected chi connectivity index (χ3v) is 5.06. The van der Waals surface area contributed by atoms with E-state index in [1.165, 1.54) is 64.2 Å². The molecule has 2 fully saturated rings. The molecule has 0 heterocycles. The lowest BCUT2D eigenvalue weighted by Crippen LogP contribution is -2.48. The van der Waals surface area contributed by atoms with Crippen LogP contribution in [0.2, 0.25) is 0 Å². The number of hydrogen-bond acceptors (Lipinski definition) is 4. The van der Waals surface area contributed by atoms with Crippen LogP contribution in [0.15, 0.2) is 0 Å². The van der Waals surface area contributed by atoms with Crippen LogP contribution in [-0.4, -0.2) is 37.3 Å². The Morgan fingerprint density at radius 2 is 1.05 bits per heavy atom. The first-order chi connectivity index (χ1) is 9.77. The highest BCUT2D eigenvalue weighted by Gasteiger charge is 2.21. The van der Waals surface area contributed by atoms with Gasteiger partial charge in [0, 0.05) is 24.2 Å². The summed E-state index contributed by atoms with van der Waals surface area (Å²) in [6, 6.07) is 1.87. The lowest BCUT2D eigenvalue weighted by atomic mass is 9.91. The molecule has 2 rings (SSSR count). The summed E-state index contributed by atoms with van der Waals surface area (Å²) in [4.78, 5) is 0. The summed E-state index contributed by atoms with van der Waals surface area (Å²) in [5, 5.41) is 7.28. The number of unbranched alkanes of at least 4 members (excludes halogenated alkanes) is 1. The first-order valence-corrected chi connectivity index (χ1v) is 8.75. The van der Waals surface area contributed by atoms with Crippen LogP contribution in [0.5, 0.6) is 0 Å². The molecule has 2 aliphatic carbocycles. The monoisotopic (exact) mass is 282 g/mol. The maximum atomic E-state index is 6.14. The first-order valence-electron chi connectivity index (χ1n) is 8.75. The molecule has 0 aromatic rings. The van der Waals surface area contributed by atoms with E-state index >= 15 is 0 Å². The molecule has 2 aliphatic rings. The zero-order valence-corrected chi connectivity index (χ0v) is 12.9. The van der Waals surface area contributed by atoms with Crippen LogP contribution in [-0.2, 0) is 0 Å². The topological polar surface area (TPSA) is 76.1 Å². The standard InChI is InChI=1S/C16H34N4/c17-13-7-1-3-9-15(13)19-11-5-6-12-20-16-10-4-2-8-14(16)18/h13-16,19-20H,1-12,17-18H2. The Morgan fingerprint density at radius 3 is 1.45 bits per heavy atom. The largest absolute Gasteiger partial charge is 0.326 e. The molecule has 0 radical (unpaired) electrons. The summed E-state index contributed by atoms with van der Waals surface area (Å²) < 4.78 is 0. The SMILES string of the molecule is NC1CCCCC1NCCCCNC1CCCCC1N. The predicted molar refractivity (Wildman–Crippen MR) is 85.7 cm³/mol. The minimum atomic E-state index is 0.377. The zero-order chi connectivity index (χ0) is 14.2. The molecule has 4 heteroatoms. The van der Waals surface area contributed by atoms with E-state index in [2.05, 4.69) is 10.6 Å². The lowest BCUT2D eigenvalue weighted by Gasteiger charge is -2.30. The van der Waals surface area contributed by atoms with Crippen molar-refractivity contribution in [3.8, 4) is 0 Å². The molecule has 0 aromatic heterocycles. The van der Waals surface area contributed by atoms with E-state index in [9.17, 15) is 0 Å². The van der Waals surface area contributed by atoms with Crippen molar-refractivity contribution in [1.82, 2.24) is 10.6 Å². The Kier molecular flexibility index (Phi) is 7.28. The average Bonchev–Trinajstić information content (AvgIpc) is 2.46. The smallest absolute Gasteiger partial charge is 0.0219 e. The number of nitrogens with two attached hydrogens (primary N) is 2. The molecular formula is C16H34N4. The van der Waals surface area contributed by atoms with E-state index in [1.807, 2.05) is 0 Å². The maximum Gasteiger partial charge on any atom is 0.0219 e. The van der Waals surface area contributed by atoms with Gasteiger partial charge < -0.3 is 22.1 Å². The molecule has 118 valence electrons. The van der Waals surface area contributed by atoms with Crippen LogP contribution < -0.4 is 22.1 Å². The molecule has 0 aromatic carbocycles. The second-order valence-corrected chi connectivity index (χ2v) is 6.72. The lowest BCUT2D eigenvalue weighted by molar-refractivity contribution is 0.316. The predicted octanol–water partition coefficient (Wildman–Crippen LogP) is 1.49. The van der Waals surface area contributed by atoms with Crippen LogP contribution in [0.1, 0.15) is 64.2 Å². The van der Waals surface area contributed by atoms with E-state index in [0.29, 0.717) is 24.2 Å². The Morgan fingerprint density at radius 1 is 0.650 bits per heavy atom. The van der Waals surface area contributed by atoms with E-state index in [0.717, 1.165) is 13.1 Å².